The third kappa shape index (κ3) is 8.53. The lowest BCUT2D eigenvalue weighted by atomic mass is 9.90. The Morgan fingerprint density at radius 2 is 1.77 bits per heavy atom. The van der Waals surface area contributed by atoms with E-state index < -0.39 is 18.3 Å². The van der Waals surface area contributed by atoms with Gasteiger partial charge in [-0.3, -0.25) is 4.79 Å². The maximum Gasteiger partial charge on any atom is 0.227 e. The molecular weight excluding hydrogens is 394 g/mol. The molecule has 1 amide bonds. The molecule has 6 heteroatoms. The van der Waals surface area contributed by atoms with E-state index in [1.807, 2.05) is 26.0 Å². The number of carbonyl (C=O) groups is 1. The van der Waals surface area contributed by atoms with Crippen LogP contribution in [-0.4, -0.2) is 44.6 Å². The van der Waals surface area contributed by atoms with Gasteiger partial charge < -0.3 is 25.7 Å². The Labute approximate surface area is 183 Å². The SMILES string of the molecule is C/C1=C/CCc2cc(O)cc(c2)NC(=O)C[C@@H](O)\C=C/C=C/C=C/C[C@@H](O)[C@H](C)[C@@H]1O. The summed E-state index contributed by atoms with van der Waals surface area (Å²) in [6.45, 7) is 3.66. The summed E-state index contributed by atoms with van der Waals surface area (Å²) < 4.78 is 0. The average Bonchev–Trinajstić information content (AvgIpc) is 2.70. The second-order valence-electron chi connectivity index (χ2n) is 8.00. The van der Waals surface area contributed by atoms with Gasteiger partial charge in [0.2, 0.25) is 5.91 Å². The molecule has 0 spiro atoms. The minimum absolute atomic E-state index is 0.0433. The molecule has 0 aromatic heterocycles. The molecule has 6 nitrogen and oxygen atoms in total. The minimum Gasteiger partial charge on any atom is -0.508 e. The Morgan fingerprint density at radius 1 is 1.03 bits per heavy atom. The monoisotopic (exact) mass is 427 g/mol. The van der Waals surface area contributed by atoms with Crippen molar-refractivity contribution in [2.45, 2.75) is 57.8 Å². The van der Waals surface area contributed by atoms with Gasteiger partial charge in [-0.25, -0.2) is 0 Å². The van der Waals surface area contributed by atoms with E-state index in [9.17, 15) is 25.2 Å². The van der Waals surface area contributed by atoms with Gasteiger partial charge in [-0.05, 0) is 49.5 Å². The van der Waals surface area contributed by atoms with E-state index in [-0.39, 0.29) is 24.0 Å². The third-order valence-corrected chi connectivity index (χ3v) is 5.31. The number of nitrogens with one attached hydrogen (secondary N) is 1. The lowest BCUT2D eigenvalue weighted by Gasteiger charge is -2.24. The van der Waals surface area contributed by atoms with Crippen molar-refractivity contribution < 1.29 is 25.2 Å². The number of aliphatic hydroxyl groups excluding tert-OH is 3. The number of benzene rings is 1. The molecule has 0 saturated carbocycles. The molecule has 0 fully saturated rings. The molecule has 168 valence electrons. The Kier molecular flexibility index (Phi) is 9.72. The van der Waals surface area contributed by atoms with Gasteiger partial charge in [0.25, 0.3) is 0 Å². The molecule has 1 aromatic carbocycles. The predicted molar refractivity (Wildman–Crippen MR) is 123 cm³/mol. The van der Waals surface area contributed by atoms with Crippen LogP contribution in [0, 0.1) is 5.92 Å². The molecule has 5 N–H and O–H groups in total. The standard InChI is InChI=1S/C25H33NO5/c1-17-9-8-10-19-13-20(15-22(28)14-19)26-24(30)16-21(27)11-6-4-3-5-7-12-23(29)18(2)25(17)31/h3-7,9,11,13-15,18,21,23,25,27-29,31H,8,10,12,16H2,1-2H3,(H,26,30)/b4-3+,7-5+,11-6-,17-9-/t18-,21-,23+,25+/m0/s1. The predicted octanol–water partition coefficient (Wildman–Crippen LogP) is 3.39. The van der Waals surface area contributed by atoms with Crippen LogP contribution >= 0.6 is 0 Å². The number of hydrogen-bond acceptors (Lipinski definition) is 5. The molecule has 1 aliphatic rings. The largest absolute Gasteiger partial charge is 0.508 e. The van der Waals surface area contributed by atoms with Crippen molar-refractivity contribution in [1.82, 2.24) is 0 Å². The zero-order chi connectivity index (χ0) is 22.8. The van der Waals surface area contributed by atoms with Crippen LogP contribution in [0.2, 0.25) is 0 Å². The van der Waals surface area contributed by atoms with Crippen LogP contribution in [0.4, 0.5) is 5.69 Å². The first kappa shape index (κ1) is 24.6. The Hall–Kier alpha value is -2.67. The first-order valence-corrected chi connectivity index (χ1v) is 10.6. The zero-order valence-corrected chi connectivity index (χ0v) is 18.1. The molecule has 2 rings (SSSR count). The van der Waals surface area contributed by atoms with Gasteiger partial charge in [0, 0.05) is 17.7 Å². The topological polar surface area (TPSA) is 110 Å². The van der Waals surface area contributed by atoms with Gasteiger partial charge >= 0.3 is 0 Å². The molecule has 0 aliphatic carbocycles. The summed E-state index contributed by atoms with van der Waals surface area (Å²) in [6, 6.07) is 4.87. The molecule has 4 atom stereocenters. The number of amides is 1. The summed E-state index contributed by atoms with van der Waals surface area (Å²) >= 11 is 0. The van der Waals surface area contributed by atoms with Gasteiger partial charge in [-0.15, -0.1) is 0 Å². The zero-order valence-electron chi connectivity index (χ0n) is 18.1. The van der Waals surface area contributed by atoms with Crippen molar-refractivity contribution in [1.29, 1.82) is 0 Å². The number of carbonyl (C=O) groups excluding carboxylic acids is 1. The summed E-state index contributed by atoms with van der Waals surface area (Å²) in [7, 11) is 0. The number of fused-ring (bicyclic) bond motifs is 2. The van der Waals surface area contributed by atoms with Crippen LogP contribution in [0.1, 0.15) is 38.7 Å². The molecule has 1 aliphatic heterocycles. The summed E-state index contributed by atoms with van der Waals surface area (Å²) in [4.78, 5) is 12.2. The smallest absolute Gasteiger partial charge is 0.227 e. The normalized spacial score (nSPS) is 31.4. The number of allylic oxidation sites excluding steroid dienone is 5. The third-order valence-electron chi connectivity index (χ3n) is 5.31. The summed E-state index contributed by atoms with van der Waals surface area (Å²) in [5.74, 6) is -0.635. The van der Waals surface area contributed by atoms with Crippen LogP contribution in [0.5, 0.6) is 5.75 Å². The van der Waals surface area contributed by atoms with Crippen molar-refractivity contribution in [2.24, 2.45) is 5.92 Å². The van der Waals surface area contributed by atoms with Gasteiger partial charge in [0.15, 0.2) is 0 Å². The van der Waals surface area contributed by atoms with E-state index in [0.717, 1.165) is 11.1 Å². The molecule has 31 heavy (non-hydrogen) atoms. The summed E-state index contributed by atoms with van der Waals surface area (Å²) in [6.07, 6.45) is 11.4. The Morgan fingerprint density at radius 3 is 2.55 bits per heavy atom. The van der Waals surface area contributed by atoms with Crippen molar-refractivity contribution in [3.05, 3.63) is 71.9 Å². The van der Waals surface area contributed by atoms with Gasteiger partial charge in [-0.2, -0.15) is 0 Å². The molecule has 2 bridgehead atoms. The number of rotatable bonds is 0. The van der Waals surface area contributed by atoms with Crippen LogP contribution in [0.15, 0.2) is 66.3 Å². The lowest BCUT2D eigenvalue weighted by molar-refractivity contribution is -0.117. The highest BCUT2D eigenvalue weighted by Gasteiger charge is 2.22. The Bertz CT molecular complexity index is 855. The second-order valence-corrected chi connectivity index (χ2v) is 8.00. The number of phenols is 1. The quantitative estimate of drug-likeness (QED) is 0.408. The summed E-state index contributed by atoms with van der Waals surface area (Å²) in [5.41, 5.74) is 2.09. The maximum atomic E-state index is 12.2. The lowest BCUT2D eigenvalue weighted by Crippen LogP contribution is -2.30. The van der Waals surface area contributed by atoms with E-state index in [0.29, 0.717) is 24.9 Å². The first-order chi connectivity index (χ1) is 14.8. The molecule has 0 radical (unpaired) electrons. The van der Waals surface area contributed by atoms with Gasteiger partial charge in [0.05, 0.1) is 24.7 Å². The number of anilines is 1. The van der Waals surface area contributed by atoms with E-state index in [1.165, 1.54) is 12.1 Å². The van der Waals surface area contributed by atoms with E-state index in [2.05, 4.69) is 5.32 Å². The fourth-order valence-electron chi connectivity index (χ4n) is 3.40. The average molecular weight is 428 g/mol. The number of phenolic OH excluding ortho intramolecular Hbond substituents is 1. The minimum atomic E-state index is -0.934. The van der Waals surface area contributed by atoms with E-state index in [1.54, 1.807) is 36.4 Å². The van der Waals surface area contributed by atoms with Crippen LogP contribution in [-0.2, 0) is 11.2 Å². The fraction of sp³-hybridized carbons (Fsp3) is 0.400. The van der Waals surface area contributed by atoms with Crippen LogP contribution in [0.25, 0.3) is 0 Å². The van der Waals surface area contributed by atoms with Crippen molar-refractivity contribution >= 4 is 11.6 Å². The number of aryl methyl sites for hydroxylation is 1. The molecule has 1 heterocycles. The van der Waals surface area contributed by atoms with E-state index >= 15 is 0 Å². The van der Waals surface area contributed by atoms with Crippen LogP contribution < -0.4 is 5.32 Å². The van der Waals surface area contributed by atoms with Crippen LogP contribution in [0.3, 0.4) is 0 Å². The molecule has 0 saturated heterocycles. The highest BCUT2D eigenvalue weighted by molar-refractivity contribution is 5.91. The Balaban J connectivity index is 2.23. The molecular formula is C25H33NO5. The molecule has 0 unspecified atom stereocenters. The van der Waals surface area contributed by atoms with E-state index in [4.69, 9.17) is 0 Å². The first-order valence-electron chi connectivity index (χ1n) is 10.6. The number of aromatic hydroxyl groups is 1. The van der Waals surface area contributed by atoms with Crippen molar-refractivity contribution in [3.8, 4) is 5.75 Å². The van der Waals surface area contributed by atoms with Crippen molar-refractivity contribution in [2.75, 3.05) is 5.32 Å². The summed E-state index contributed by atoms with van der Waals surface area (Å²) in [5, 5.41) is 43.6. The van der Waals surface area contributed by atoms with Gasteiger partial charge in [0.1, 0.15) is 5.75 Å². The number of hydrogen-bond donors (Lipinski definition) is 5. The molecule has 1 aromatic rings. The highest BCUT2D eigenvalue weighted by atomic mass is 16.3. The second kappa shape index (κ2) is 12.2. The highest BCUT2D eigenvalue weighted by Crippen LogP contribution is 2.23. The fourth-order valence-corrected chi connectivity index (χ4v) is 3.40. The van der Waals surface area contributed by atoms with Crippen molar-refractivity contribution in [3.63, 3.8) is 0 Å². The number of aliphatic hydroxyl groups is 3. The van der Waals surface area contributed by atoms with Gasteiger partial charge in [-0.1, -0.05) is 49.5 Å². The maximum absolute atomic E-state index is 12.2.